The van der Waals surface area contributed by atoms with E-state index in [0.717, 1.165) is 0 Å². The van der Waals surface area contributed by atoms with E-state index in [-0.39, 0.29) is 24.6 Å². The topological polar surface area (TPSA) is 120 Å². The lowest BCUT2D eigenvalue weighted by Crippen LogP contribution is -2.36. The van der Waals surface area contributed by atoms with E-state index in [1.807, 2.05) is 6.07 Å². The molecule has 0 spiro atoms. The van der Waals surface area contributed by atoms with Crippen LogP contribution in [-0.2, 0) is 9.53 Å². The number of rotatable bonds is 4. The maximum Gasteiger partial charge on any atom is 0.410 e. The number of ether oxygens (including phenoxy) is 1. The van der Waals surface area contributed by atoms with Crippen molar-refractivity contribution >= 4 is 23.7 Å². The minimum atomic E-state index is -1.07. The Morgan fingerprint density at radius 3 is 2.50 bits per heavy atom. The number of carboxylic acid groups (broad SMARTS) is 1. The average molecular weight is 435 g/mol. The van der Waals surface area contributed by atoms with Gasteiger partial charge < -0.3 is 20.1 Å². The van der Waals surface area contributed by atoms with Crippen molar-refractivity contribution in [3.05, 3.63) is 65.2 Å². The molecule has 8 heteroatoms. The molecule has 32 heavy (non-hydrogen) atoms. The molecule has 166 valence electrons. The monoisotopic (exact) mass is 435 g/mol. The van der Waals surface area contributed by atoms with E-state index < -0.39 is 29.5 Å². The van der Waals surface area contributed by atoms with Crippen molar-refractivity contribution in [3.63, 3.8) is 0 Å². The molecule has 2 aromatic rings. The molecule has 1 aliphatic rings. The number of nitriles is 1. The van der Waals surface area contributed by atoms with Crippen LogP contribution in [0.15, 0.2) is 48.5 Å². The third-order valence-corrected chi connectivity index (χ3v) is 5.13. The Morgan fingerprint density at radius 1 is 1.12 bits per heavy atom. The molecule has 2 aromatic carbocycles. The van der Waals surface area contributed by atoms with Gasteiger partial charge >= 0.3 is 12.1 Å². The van der Waals surface area contributed by atoms with Crippen molar-refractivity contribution in [2.24, 2.45) is 5.92 Å². The number of nitrogens with one attached hydrogen (secondary N) is 1. The molecule has 0 radical (unpaired) electrons. The van der Waals surface area contributed by atoms with Gasteiger partial charge in [0.2, 0.25) is 5.91 Å². The summed E-state index contributed by atoms with van der Waals surface area (Å²) < 4.78 is 5.47. The second-order valence-electron chi connectivity index (χ2n) is 8.71. The summed E-state index contributed by atoms with van der Waals surface area (Å²) in [6.45, 7) is 5.64. The smallest absolute Gasteiger partial charge is 0.410 e. The molecule has 0 saturated carbocycles. The number of amides is 2. The first-order valence-corrected chi connectivity index (χ1v) is 10.2. The minimum absolute atomic E-state index is 0.110. The highest BCUT2D eigenvalue weighted by atomic mass is 16.6. The van der Waals surface area contributed by atoms with Crippen LogP contribution in [0.3, 0.4) is 0 Å². The van der Waals surface area contributed by atoms with E-state index in [2.05, 4.69) is 5.32 Å². The number of carbonyl (C=O) groups excluding carboxylic acids is 2. The Morgan fingerprint density at radius 2 is 1.84 bits per heavy atom. The number of carbonyl (C=O) groups is 3. The van der Waals surface area contributed by atoms with Crippen LogP contribution in [0.5, 0.6) is 0 Å². The van der Waals surface area contributed by atoms with Gasteiger partial charge in [0.25, 0.3) is 0 Å². The van der Waals surface area contributed by atoms with Gasteiger partial charge in [0.05, 0.1) is 23.1 Å². The van der Waals surface area contributed by atoms with E-state index in [1.54, 1.807) is 57.2 Å². The van der Waals surface area contributed by atoms with Crippen molar-refractivity contribution in [3.8, 4) is 6.07 Å². The second-order valence-corrected chi connectivity index (χ2v) is 8.71. The van der Waals surface area contributed by atoms with Crippen molar-refractivity contribution < 1.29 is 24.2 Å². The number of likely N-dealkylation sites (tertiary alicyclic amines) is 1. The third kappa shape index (κ3) is 5.43. The van der Waals surface area contributed by atoms with Gasteiger partial charge in [-0.1, -0.05) is 18.2 Å². The van der Waals surface area contributed by atoms with E-state index in [0.29, 0.717) is 16.8 Å². The zero-order valence-corrected chi connectivity index (χ0v) is 18.2. The number of benzene rings is 2. The van der Waals surface area contributed by atoms with Crippen LogP contribution in [0.4, 0.5) is 10.5 Å². The number of hydrogen-bond acceptors (Lipinski definition) is 5. The van der Waals surface area contributed by atoms with E-state index in [1.165, 1.54) is 17.0 Å². The zero-order valence-electron chi connectivity index (χ0n) is 18.2. The van der Waals surface area contributed by atoms with Crippen molar-refractivity contribution in [1.29, 1.82) is 5.26 Å². The largest absolute Gasteiger partial charge is 0.478 e. The number of anilines is 1. The number of nitrogens with zero attached hydrogens (tertiary/aromatic N) is 2. The van der Waals surface area contributed by atoms with Crippen LogP contribution in [0.1, 0.15) is 48.2 Å². The Balaban J connectivity index is 1.89. The predicted molar refractivity (Wildman–Crippen MR) is 117 cm³/mol. The standard InChI is InChI=1S/C24H25N3O5/c1-24(2,3)32-23(31)27-13-19(16-7-5-8-17(11-16)22(29)30)20(14-27)21(28)26-18-9-4-6-15(10-18)12-25/h4-11,19-20H,13-14H2,1-3H3,(H,26,28)(H,29,30)/t19-,20+/m0/s1. The lowest BCUT2D eigenvalue weighted by atomic mass is 9.87. The molecule has 0 bridgehead atoms. The first-order chi connectivity index (χ1) is 15.1. The lowest BCUT2D eigenvalue weighted by molar-refractivity contribution is -0.119. The van der Waals surface area contributed by atoms with Gasteiger partial charge in [-0.2, -0.15) is 5.26 Å². The SMILES string of the molecule is CC(C)(C)OC(=O)N1C[C@@H](C(=O)Nc2cccc(C#N)c2)[C@H](c2cccc(C(=O)O)c2)C1. The highest BCUT2D eigenvalue weighted by molar-refractivity contribution is 5.94. The third-order valence-electron chi connectivity index (χ3n) is 5.13. The fourth-order valence-corrected chi connectivity index (χ4v) is 3.69. The van der Waals surface area contributed by atoms with Gasteiger partial charge in [0.15, 0.2) is 0 Å². The van der Waals surface area contributed by atoms with Crippen molar-refractivity contribution in [1.82, 2.24) is 4.90 Å². The summed E-state index contributed by atoms with van der Waals surface area (Å²) in [6, 6.07) is 15.0. The Hall–Kier alpha value is -3.86. The maximum atomic E-state index is 13.2. The second kappa shape index (κ2) is 9.10. The molecule has 0 unspecified atom stereocenters. The van der Waals surface area contributed by atoms with Crippen LogP contribution in [0, 0.1) is 17.2 Å². The highest BCUT2D eigenvalue weighted by Gasteiger charge is 2.42. The predicted octanol–water partition coefficient (Wildman–Crippen LogP) is 3.85. The molecule has 2 atom stereocenters. The fraction of sp³-hybridized carbons (Fsp3) is 0.333. The normalized spacial score (nSPS) is 18.0. The summed E-state index contributed by atoms with van der Waals surface area (Å²) in [5.74, 6) is -2.43. The van der Waals surface area contributed by atoms with Crippen LogP contribution < -0.4 is 5.32 Å². The van der Waals surface area contributed by atoms with Gasteiger partial charge in [0, 0.05) is 24.7 Å². The molecular formula is C24H25N3O5. The first-order valence-electron chi connectivity index (χ1n) is 10.2. The van der Waals surface area contributed by atoms with E-state index in [9.17, 15) is 19.5 Å². The van der Waals surface area contributed by atoms with Gasteiger partial charge in [-0.15, -0.1) is 0 Å². The Bertz CT molecular complexity index is 1080. The maximum absolute atomic E-state index is 13.2. The molecule has 3 rings (SSSR count). The average Bonchev–Trinajstić information content (AvgIpc) is 3.19. The summed E-state index contributed by atoms with van der Waals surface area (Å²) in [5, 5.41) is 21.3. The lowest BCUT2D eigenvalue weighted by Gasteiger charge is -2.24. The minimum Gasteiger partial charge on any atom is -0.478 e. The van der Waals surface area contributed by atoms with Gasteiger partial charge in [-0.25, -0.2) is 9.59 Å². The van der Waals surface area contributed by atoms with Crippen molar-refractivity contribution in [2.75, 3.05) is 18.4 Å². The Kier molecular flexibility index (Phi) is 6.49. The summed E-state index contributed by atoms with van der Waals surface area (Å²) in [7, 11) is 0. The molecule has 0 aromatic heterocycles. The fourth-order valence-electron chi connectivity index (χ4n) is 3.69. The molecule has 2 N–H and O–H groups in total. The molecule has 2 amide bonds. The van der Waals surface area contributed by atoms with E-state index >= 15 is 0 Å². The zero-order chi connectivity index (χ0) is 23.5. The molecule has 1 fully saturated rings. The molecule has 1 aliphatic heterocycles. The summed E-state index contributed by atoms with van der Waals surface area (Å²) in [4.78, 5) is 38.7. The quantitative estimate of drug-likeness (QED) is 0.753. The van der Waals surface area contributed by atoms with Crippen LogP contribution in [0.2, 0.25) is 0 Å². The summed E-state index contributed by atoms with van der Waals surface area (Å²) in [5.41, 5.74) is 0.965. The van der Waals surface area contributed by atoms with E-state index in [4.69, 9.17) is 10.00 Å². The van der Waals surface area contributed by atoms with Gasteiger partial charge in [-0.05, 0) is 56.7 Å². The summed E-state index contributed by atoms with van der Waals surface area (Å²) in [6.07, 6.45) is -0.529. The van der Waals surface area contributed by atoms with Crippen LogP contribution in [0.25, 0.3) is 0 Å². The first kappa shape index (κ1) is 22.8. The molecule has 1 saturated heterocycles. The Labute approximate surface area is 186 Å². The van der Waals surface area contributed by atoms with Crippen molar-refractivity contribution in [2.45, 2.75) is 32.3 Å². The highest BCUT2D eigenvalue weighted by Crippen LogP contribution is 2.35. The number of hydrogen-bond donors (Lipinski definition) is 2. The molecule has 1 heterocycles. The molecule has 8 nitrogen and oxygen atoms in total. The summed E-state index contributed by atoms with van der Waals surface area (Å²) >= 11 is 0. The van der Waals surface area contributed by atoms with Gasteiger partial charge in [-0.3, -0.25) is 4.79 Å². The van der Waals surface area contributed by atoms with Gasteiger partial charge in [0.1, 0.15) is 5.60 Å². The number of carboxylic acids is 1. The van der Waals surface area contributed by atoms with Crippen LogP contribution in [-0.4, -0.2) is 46.7 Å². The molecular weight excluding hydrogens is 410 g/mol. The van der Waals surface area contributed by atoms with Crippen LogP contribution >= 0.6 is 0 Å². The molecule has 0 aliphatic carbocycles. The number of aromatic carboxylic acids is 1.